The second-order valence-corrected chi connectivity index (χ2v) is 5.71. The van der Waals surface area contributed by atoms with Crippen LogP contribution in [0.4, 0.5) is 0 Å². The topological polar surface area (TPSA) is 88.5 Å². The van der Waals surface area contributed by atoms with Crippen LogP contribution in [0.2, 0.25) is 0 Å². The summed E-state index contributed by atoms with van der Waals surface area (Å²) in [5, 5.41) is 11.8. The Morgan fingerprint density at radius 1 is 1.43 bits per heavy atom. The molecule has 1 saturated carbocycles. The molecular formula is C15H20N2O4. The maximum Gasteiger partial charge on any atom is 0.305 e. The smallest absolute Gasteiger partial charge is 0.305 e. The van der Waals surface area contributed by atoms with E-state index >= 15 is 0 Å². The molecule has 0 radical (unpaired) electrons. The van der Waals surface area contributed by atoms with Crippen LogP contribution in [0.25, 0.3) is 0 Å². The van der Waals surface area contributed by atoms with E-state index in [1.807, 2.05) is 13.8 Å². The Labute approximate surface area is 123 Å². The summed E-state index contributed by atoms with van der Waals surface area (Å²) < 4.78 is 5.41. The first-order chi connectivity index (χ1) is 9.90. The summed E-state index contributed by atoms with van der Waals surface area (Å²) in [5.74, 6) is -0.723. The molecule has 0 unspecified atom stereocenters. The van der Waals surface area contributed by atoms with Gasteiger partial charge in [-0.1, -0.05) is 0 Å². The van der Waals surface area contributed by atoms with Gasteiger partial charge in [-0.15, -0.1) is 0 Å². The molecule has 1 aliphatic carbocycles. The predicted octanol–water partition coefficient (Wildman–Crippen LogP) is 2.00. The zero-order valence-electron chi connectivity index (χ0n) is 12.3. The Kier molecular flexibility index (Phi) is 4.45. The molecule has 1 heterocycles. The van der Waals surface area contributed by atoms with Gasteiger partial charge in [0.2, 0.25) is 5.88 Å². The fourth-order valence-corrected chi connectivity index (χ4v) is 2.38. The van der Waals surface area contributed by atoms with E-state index in [0.717, 1.165) is 6.42 Å². The summed E-state index contributed by atoms with van der Waals surface area (Å²) in [6, 6.07) is 3.27. The minimum atomic E-state index is -0.895. The van der Waals surface area contributed by atoms with Crippen LogP contribution in [0.15, 0.2) is 18.3 Å². The molecule has 0 atom stereocenters. The second-order valence-electron chi connectivity index (χ2n) is 5.71. The van der Waals surface area contributed by atoms with Gasteiger partial charge in [-0.2, -0.15) is 0 Å². The van der Waals surface area contributed by atoms with Crippen LogP contribution in [0.1, 0.15) is 49.9 Å². The van der Waals surface area contributed by atoms with Crippen LogP contribution in [0, 0.1) is 0 Å². The average molecular weight is 292 g/mol. The first kappa shape index (κ1) is 15.3. The molecule has 21 heavy (non-hydrogen) atoms. The molecule has 0 spiro atoms. The Balaban J connectivity index is 2.01. The molecule has 0 bridgehead atoms. The lowest BCUT2D eigenvalue weighted by molar-refractivity contribution is -0.139. The molecule has 0 saturated heterocycles. The predicted molar refractivity (Wildman–Crippen MR) is 76.3 cm³/mol. The summed E-state index contributed by atoms with van der Waals surface area (Å²) in [6.45, 7) is 3.79. The number of hydrogen-bond donors (Lipinski definition) is 2. The minimum absolute atomic E-state index is 0.0194. The summed E-state index contributed by atoms with van der Waals surface area (Å²) in [4.78, 5) is 27.2. The average Bonchev–Trinajstić information content (AvgIpc) is 2.35. The largest absolute Gasteiger partial charge is 0.481 e. The lowest BCUT2D eigenvalue weighted by atomic mass is 9.74. The fraction of sp³-hybridized carbons (Fsp3) is 0.533. The molecule has 114 valence electrons. The number of ether oxygens (including phenoxy) is 1. The second kappa shape index (κ2) is 6.11. The summed E-state index contributed by atoms with van der Waals surface area (Å²) in [6.07, 6.45) is 3.76. The van der Waals surface area contributed by atoms with Gasteiger partial charge in [-0.05, 0) is 39.2 Å². The number of carboxylic acid groups (broad SMARTS) is 1. The first-order valence-electron chi connectivity index (χ1n) is 7.07. The number of nitrogens with zero attached hydrogens (tertiary/aromatic N) is 1. The van der Waals surface area contributed by atoms with Crippen LogP contribution in [0.5, 0.6) is 5.88 Å². The van der Waals surface area contributed by atoms with E-state index < -0.39 is 11.5 Å². The van der Waals surface area contributed by atoms with Crippen molar-refractivity contribution in [1.29, 1.82) is 0 Å². The number of aliphatic carboxylic acids is 1. The van der Waals surface area contributed by atoms with E-state index in [-0.39, 0.29) is 18.4 Å². The van der Waals surface area contributed by atoms with Gasteiger partial charge in [0, 0.05) is 12.3 Å². The van der Waals surface area contributed by atoms with Crippen molar-refractivity contribution in [3.8, 4) is 5.88 Å². The number of nitrogens with one attached hydrogen (secondary N) is 1. The van der Waals surface area contributed by atoms with Gasteiger partial charge in [-0.25, -0.2) is 4.98 Å². The SMILES string of the molecule is CC(C)Oc1ccc(C(=O)NC2(CC(=O)O)CCC2)cn1. The molecule has 6 nitrogen and oxygen atoms in total. The Morgan fingerprint density at radius 2 is 2.14 bits per heavy atom. The number of amides is 1. The van der Waals surface area contributed by atoms with Crippen LogP contribution >= 0.6 is 0 Å². The van der Waals surface area contributed by atoms with E-state index in [1.54, 1.807) is 12.1 Å². The molecule has 1 aromatic rings. The number of rotatable bonds is 6. The van der Waals surface area contributed by atoms with Crippen molar-refractivity contribution in [2.75, 3.05) is 0 Å². The fourth-order valence-electron chi connectivity index (χ4n) is 2.38. The standard InChI is InChI=1S/C15H20N2O4/c1-10(2)21-12-5-4-11(9-16-12)14(20)17-15(6-3-7-15)8-13(18)19/h4-5,9-10H,3,6-8H2,1-2H3,(H,17,20)(H,18,19). The number of hydrogen-bond acceptors (Lipinski definition) is 4. The van der Waals surface area contributed by atoms with Crippen molar-refractivity contribution < 1.29 is 19.4 Å². The van der Waals surface area contributed by atoms with E-state index in [0.29, 0.717) is 24.3 Å². The molecule has 1 aliphatic rings. The maximum atomic E-state index is 12.2. The third-order valence-electron chi connectivity index (χ3n) is 3.53. The normalized spacial score (nSPS) is 16.1. The number of aromatic nitrogens is 1. The molecule has 2 rings (SSSR count). The number of pyridine rings is 1. The van der Waals surface area contributed by atoms with Gasteiger partial charge < -0.3 is 15.2 Å². The molecule has 1 aromatic heterocycles. The van der Waals surface area contributed by atoms with E-state index in [1.165, 1.54) is 6.20 Å². The van der Waals surface area contributed by atoms with Gasteiger partial charge in [0.1, 0.15) is 0 Å². The molecule has 0 aliphatic heterocycles. The maximum absolute atomic E-state index is 12.2. The monoisotopic (exact) mass is 292 g/mol. The van der Waals surface area contributed by atoms with Crippen LogP contribution in [0.3, 0.4) is 0 Å². The van der Waals surface area contributed by atoms with Gasteiger partial charge in [0.05, 0.1) is 23.6 Å². The van der Waals surface area contributed by atoms with Crippen molar-refractivity contribution in [1.82, 2.24) is 10.3 Å². The van der Waals surface area contributed by atoms with E-state index in [2.05, 4.69) is 10.3 Å². The third-order valence-corrected chi connectivity index (χ3v) is 3.53. The van der Waals surface area contributed by atoms with Crippen molar-refractivity contribution >= 4 is 11.9 Å². The summed E-state index contributed by atoms with van der Waals surface area (Å²) in [7, 11) is 0. The Bertz CT molecular complexity index is 521. The van der Waals surface area contributed by atoms with Crippen LogP contribution < -0.4 is 10.1 Å². The molecule has 2 N–H and O–H groups in total. The molecular weight excluding hydrogens is 272 g/mol. The molecule has 6 heteroatoms. The highest BCUT2D eigenvalue weighted by Crippen LogP contribution is 2.35. The highest BCUT2D eigenvalue weighted by Gasteiger charge is 2.40. The first-order valence-corrected chi connectivity index (χ1v) is 7.07. The van der Waals surface area contributed by atoms with Crippen LogP contribution in [-0.2, 0) is 4.79 Å². The summed E-state index contributed by atoms with van der Waals surface area (Å²) >= 11 is 0. The van der Waals surface area contributed by atoms with E-state index in [9.17, 15) is 9.59 Å². The van der Waals surface area contributed by atoms with Gasteiger partial charge in [-0.3, -0.25) is 9.59 Å². The Morgan fingerprint density at radius 3 is 2.57 bits per heavy atom. The number of carbonyl (C=O) groups is 2. The molecule has 1 fully saturated rings. The highest BCUT2D eigenvalue weighted by atomic mass is 16.5. The zero-order valence-corrected chi connectivity index (χ0v) is 12.3. The number of carboxylic acids is 1. The minimum Gasteiger partial charge on any atom is -0.481 e. The zero-order chi connectivity index (χ0) is 15.5. The van der Waals surface area contributed by atoms with Gasteiger partial charge >= 0.3 is 5.97 Å². The number of carbonyl (C=O) groups excluding carboxylic acids is 1. The molecule has 1 amide bonds. The van der Waals surface area contributed by atoms with Crippen molar-refractivity contribution in [2.24, 2.45) is 0 Å². The van der Waals surface area contributed by atoms with Crippen molar-refractivity contribution in [2.45, 2.75) is 51.2 Å². The van der Waals surface area contributed by atoms with Gasteiger partial charge in [0.25, 0.3) is 5.91 Å². The molecule has 0 aromatic carbocycles. The lowest BCUT2D eigenvalue weighted by Gasteiger charge is -2.41. The lowest BCUT2D eigenvalue weighted by Crippen LogP contribution is -2.54. The van der Waals surface area contributed by atoms with Crippen molar-refractivity contribution in [3.05, 3.63) is 23.9 Å². The highest BCUT2D eigenvalue weighted by molar-refractivity contribution is 5.94. The van der Waals surface area contributed by atoms with Gasteiger partial charge in [0.15, 0.2) is 0 Å². The quantitative estimate of drug-likeness (QED) is 0.837. The third kappa shape index (κ3) is 3.93. The Hall–Kier alpha value is -2.11. The van der Waals surface area contributed by atoms with Crippen LogP contribution in [-0.4, -0.2) is 33.6 Å². The van der Waals surface area contributed by atoms with E-state index in [4.69, 9.17) is 9.84 Å². The summed E-state index contributed by atoms with van der Waals surface area (Å²) in [5.41, 5.74) is -0.196. The van der Waals surface area contributed by atoms with Crippen molar-refractivity contribution in [3.63, 3.8) is 0 Å².